The Morgan fingerprint density at radius 2 is 0.929 bits per heavy atom. The summed E-state index contributed by atoms with van der Waals surface area (Å²) >= 11 is 0. The summed E-state index contributed by atoms with van der Waals surface area (Å²) in [5.74, 6) is 0. The van der Waals surface area contributed by atoms with Crippen LogP contribution < -0.4 is 14.9 Å². The van der Waals surface area contributed by atoms with Gasteiger partial charge in [-0.25, -0.2) is 0 Å². The van der Waals surface area contributed by atoms with Crippen molar-refractivity contribution in [2.24, 2.45) is 5.41 Å². The molecule has 56 heavy (non-hydrogen) atoms. The summed E-state index contributed by atoms with van der Waals surface area (Å²) in [5.41, 5.74) is 13.9. The van der Waals surface area contributed by atoms with Crippen LogP contribution in [-0.2, 0) is 16.2 Å². The molecule has 0 aromatic heterocycles. The first-order valence-corrected chi connectivity index (χ1v) is 21.2. The molecule has 0 spiro atoms. The van der Waals surface area contributed by atoms with Gasteiger partial charge in [-0.3, -0.25) is 0 Å². The van der Waals surface area contributed by atoms with Gasteiger partial charge in [-0.1, -0.05) is 174 Å². The van der Waals surface area contributed by atoms with Gasteiger partial charge in [0.2, 0.25) is 0 Å². The summed E-state index contributed by atoms with van der Waals surface area (Å²) in [6, 6.07) is 47.6. The van der Waals surface area contributed by atoms with Gasteiger partial charge in [0.15, 0.2) is 0 Å². The van der Waals surface area contributed by atoms with Gasteiger partial charge < -0.3 is 9.57 Å². The van der Waals surface area contributed by atoms with Crippen LogP contribution in [0.4, 0.5) is 22.7 Å². The highest BCUT2D eigenvalue weighted by Gasteiger charge is 2.28. The molecule has 6 rings (SSSR count). The molecule has 0 bridgehead atoms. The maximum absolute atomic E-state index is 2.52. The van der Waals surface area contributed by atoms with Crippen molar-refractivity contribution in [3.8, 4) is 0 Å². The highest BCUT2D eigenvalue weighted by atomic mass is 31.1. The van der Waals surface area contributed by atoms with Gasteiger partial charge in [0.1, 0.15) is 0 Å². The highest BCUT2D eigenvalue weighted by molar-refractivity contribution is 7.49. The molecule has 0 heterocycles. The lowest BCUT2D eigenvalue weighted by molar-refractivity contribution is 0.515. The smallest absolute Gasteiger partial charge is 0.0576 e. The van der Waals surface area contributed by atoms with Crippen LogP contribution in [0.3, 0.4) is 0 Å². The van der Waals surface area contributed by atoms with E-state index in [1.807, 2.05) is 0 Å². The Bertz CT molecular complexity index is 2200. The van der Waals surface area contributed by atoms with Gasteiger partial charge in [0.05, 0.1) is 5.70 Å². The number of hydrogen-bond donors (Lipinski definition) is 0. The molecule has 1 aliphatic rings. The Labute approximate surface area is 340 Å². The van der Waals surface area contributed by atoms with Crippen molar-refractivity contribution >= 4 is 42.5 Å². The van der Waals surface area contributed by atoms with E-state index < -0.39 is 0 Å². The first-order valence-electron chi connectivity index (χ1n) is 20.3. The van der Waals surface area contributed by atoms with Gasteiger partial charge in [-0.05, 0) is 111 Å². The number of anilines is 4. The van der Waals surface area contributed by atoms with E-state index in [1.165, 1.54) is 55.8 Å². The fourth-order valence-electron chi connectivity index (χ4n) is 7.17. The molecule has 1 atom stereocenters. The van der Waals surface area contributed by atoms with E-state index in [9.17, 15) is 0 Å². The molecule has 1 unspecified atom stereocenters. The predicted molar refractivity (Wildman–Crippen MR) is 249 cm³/mol. The Hall–Kier alpha value is -4.65. The van der Waals surface area contributed by atoms with Crippen molar-refractivity contribution in [3.63, 3.8) is 0 Å². The molecule has 3 heteroatoms. The molecule has 0 saturated heterocycles. The number of nitrogens with zero attached hydrogens (tertiary/aromatic N) is 2. The fourth-order valence-corrected chi connectivity index (χ4v) is 8.51. The SMILES string of the molecule is CC(C)(C)C1=C/C(=C(/c2ccc(C(C)(C)C)cc2PN(c2ccccc2)c2ccc(C(C)(C)C)cc2)N(c2ccccc2)c2ccc(C(C)(C)C)cc2)CC=C1. The first-order chi connectivity index (χ1) is 26.3. The van der Waals surface area contributed by atoms with Crippen LogP contribution in [-0.4, -0.2) is 0 Å². The van der Waals surface area contributed by atoms with Crippen molar-refractivity contribution in [2.45, 2.75) is 106 Å². The minimum absolute atomic E-state index is 0.00319. The van der Waals surface area contributed by atoms with E-state index in [4.69, 9.17) is 0 Å². The molecule has 5 aromatic rings. The number of rotatable bonds is 8. The average molecular weight is 759 g/mol. The van der Waals surface area contributed by atoms with Gasteiger partial charge in [-0.15, -0.1) is 0 Å². The monoisotopic (exact) mass is 758 g/mol. The maximum atomic E-state index is 2.52. The van der Waals surface area contributed by atoms with Crippen molar-refractivity contribution < 1.29 is 0 Å². The van der Waals surface area contributed by atoms with E-state index in [0.29, 0.717) is 8.73 Å². The van der Waals surface area contributed by atoms with Crippen LogP contribution in [0.1, 0.15) is 112 Å². The minimum Gasteiger partial charge on any atom is -0.318 e. The van der Waals surface area contributed by atoms with Crippen molar-refractivity contribution in [1.82, 2.24) is 0 Å². The third-order valence-corrected chi connectivity index (χ3v) is 12.1. The number of benzene rings is 5. The van der Waals surface area contributed by atoms with Gasteiger partial charge in [0, 0.05) is 42.3 Å². The second-order valence-corrected chi connectivity index (χ2v) is 20.6. The van der Waals surface area contributed by atoms with Gasteiger partial charge >= 0.3 is 0 Å². The largest absolute Gasteiger partial charge is 0.318 e. The minimum atomic E-state index is -0.0220. The molecule has 0 saturated carbocycles. The molecule has 1 aliphatic carbocycles. The topological polar surface area (TPSA) is 6.48 Å². The number of allylic oxidation sites excluding steroid dienone is 5. The summed E-state index contributed by atoms with van der Waals surface area (Å²) < 4.78 is 2.52. The highest BCUT2D eigenvalue weighted by Crippen LogP contribution is 2.44. The van der Waals surface area contributed by atoms with Crippen LogP contribution in [0.25, 0.3) is 5.70 Å². The maximum Gasteiger partial charge on any atom is 0.0576 e. The van der Waals surface area contributed by atoms with Gasteiger partial charge in [-0.2, -0.15) is 0 Å². The molecule has 0 radical (unpaired) electrons. The molecule has 0 fully saturated rings. The summed E-state index contributed by atoms with van der Waals surface area (Å²) in [5, 5.41) is 1.32. The van der Waals surface area contributed by atoms with E-state index >= 15 is 0 Å². The Morgan fingerprint density at radius 3 is 1.43 bits per heavy atom. The predicted octanol–water partition coefficient (Wildman–Crippen LogP) is 15.1. The normalized spacial score (nSPS) is 14.9. The standard InChI is InChI=1S/C53H63N2P/c1-50(2,3)39-26-31-44(32-27-39)54(43-22-15-13-16-23-43)49(38-20-19-21-41(36-38)52(7,8)9)47-35-30-42(53(10,11)12)37-48(47)56-55(45-24-17-14-18-25-45)46-33-28-40(29-34-46)51(4,5)6/h13-19,21-37,56H,20H2,1-12H3/b49-38-. The average Bonchev–Trinajstić information content (AvgIpc) is 3.15. The molecule has 2 nitrogen and oxygen atoms in total. The van der Waals surface area contributed by atoms with Crippen molar-refractivity contribution in [3.05, 3.63) is 179 Å². The van der Waals surface area contributed by atoms with Crippen LogP contribution >= 0.6 is 8.73 Å². The zero-order valence-corrected chi connectivity index (χ0v) is 37.0. The van der Waals surface area contributed by atoms with Crippen molar-refractivity contribution in [2.75, 3.05) is 9.57 Å². The molecule has 0 N–H and O–H groups in total. The lowest BCUT2D eigenvalue weighted by Gasteiger charge is -2.35. The lowest BCUT2D eigenvalue weighted by Crippen LogP contribution is -2.25. The van der Waals surface area contributed by atoms with Gasteiger partial charge in [0.25, 0.3) is 0 Å². The molecular weight excluding hydrogens is 696 g/mol. The third kappa shape index (κ3) is 9.47. The molecule has 0 amide bonds. The number of para-hydroxylation sites is 2. The Balaban J connectivity index is 1.66. The Kier molecular flexibility index (Phi) is 11.8. The summed E-state index contributed by atoms with van der Waals surface area (Å²) in [4.78, 5) is 2.52. The fraction of sp³-hybridized carbons (Fsp3) is 0.321. The van der Waals surface area contributed by atoms with Crippen molar-refractivity contribution in [1.29, 1.82) is 0 Å². The van der Waals surface area contributed by atoms with Crippen LogP contribution in [0.2, 0.25) is 0 Å². The lowest BCUT2D eigenvalue weighted by atomic mass is 9.81. The van der Waals surface area contributed by atoms with E-state index in [0.717, 1.165) is 17.8 Å². The second kappa shape index (κ2) is 16.1. The quantitative estimate of drug-likeness (QED) is 0.145. The second-order valence-electron chi connectivity index (χ2n) is 19.4. The van der Waals surface area contributed by atoms with Crippen LogP contribution in [0, 0.1) is 5.41 Å². The first kappa shape index (κ1) is 41.0. The summed E-state index contributed by atoms with van der Waals surface area (Å²) in [7, 11) is 0.330. The van der Waals surface area contributed by atoms with E-state index in [-0.39, 0.29) is 21.7 Å². The third-order valence-electron chi connectivity index (χ3n) is 10.7. The van der Waals surface area contributed by atoms with E-state index in [2.05, 4.69) is 238 Å². The molecule has 290 valence electrons. The van der Waals surface area contributed by atoms with Crippen LogP contribution in [0.5, 0.6) is 0 Å². The Morgan fingerprint density at radius 1 is 0.482 bits per heavy atom. The van der Waals surface area contributed by atoms with E-state index in [1.54, 1.807) is 0 Å². The zero-order valence-electron chi connectivity index (χ0n) is 36.0. The summed E-state index contributed by atoms with van der Waals surface area (Å²) in [6.07, 6.45) is 8.01. The molecular formula is C53H63N2P. The number of hydrogen-bond acceptors (Lipinski definition) is 2. The molecule has 5 aromatic carbocycles. The summed E-state index contributed by atoms with van der Waals surface area (Å²) in [6.45, 7) is 27.7. The zero-order chi connectivity index (χ0) is 40.5. The molecule has 0 aliphatic heterocycles. The van der Waals surface area contributed by atoms with Crippen LogP contribution in [0.15, 0.2) is 157 Å².